The first kappa shape index (κ1) is 19.7. The molecule has 2 aromatic rings. The maximum absolute atomic E-state index is 12.4. The molecule has 2 heterocycles. The number of benzene rings is 1. The molecule has 1 aliphatic heterocycles. The van der Waals surface area contributed by atoms with Crippen molar-refractivity contribution in [3.05, 3.63) is 35.5 Å². The number of aromatic nitrogens is 4. The van der Waals surface area contributed by atoms with Crippen LogP contribution < -0.4 is 10.6 Å². The van der Waals surface area contributed by atoms with E-state index < -0.39 is 12.0 Å². The van der Waals surface area contributed by atoms with E-state index in [0.717, 1.165) is 0 Å². The number of aromatic hydroxyl groups is 1. The monoisotopic (exact) mass is 404 g/mol. The number of amides is 2. The van der Waals surface area contributed by atoms with Crippen LogP contribution in [0.4, 0.5) is 4.79 Å². The van der Waals surface area contributed by atoms with Gasteiger partial charge in [-0.25, -0.2) is 9.59 Å². The quantitative estimate of drug-likeness (QED) is 0.466. The average Bonchev–Trinajstić information content (AvgIpc) is 3.15. The molecule has 1 unspecified atom stereocenters. The number of nitrogens with one attached hydrogen (secondary N) is 2. The van der Waals surface area contributed by atoms with Gasteiger partial charge in [-0.1, -0.05) is 18.7 Å². The molecular formula is C17H20N6O4S. The summed E-state index contributed by atoms with van der Waals surface area (Å²) in [5.41, 5.74) is 1.55. The lowest BCUT2D eigenvalue weighted by Crippen LogP contribution is -2.50. The predicted molar refractivity (Wildman–Crippen MR) is 101 cm³/mol. The fraction of sp³-hybridized carbons (Fsp3) is 0.353. The van der Waals surface area contributed by atoms with Crippen molar-refractivity contribution < 1.29 is 19.4 Å². The second kappa shape index (κ2) is 8.74. The maximum atomic E-state index is 12.4. The lowest BCUT2D eigenvalue weighted by atomic mass is 10.0. The number of tetrazole rings is 1. The second-order valence-corrected chi connectivity index (χ2v) is 6.79. The number of phenols is 1. The Morgan fingerprint density at radius 1 is 1.32 bits per heavy atom. The van der Waals surface area contributed by atoms with Crippen LogP contribution in [0.2, 0.25) is 0 Å². The Bertz CT molecular complexity index is 895. The number of hydrogen-bond acceptors (Lipinski definition) is 8. The number of nitrogens with zero attached hydrogens (tertiary/aromatic N) is 4. The lowest BCUT2D eigenvalue weighted by Gasteiger charge is -2.28. The summed E-state index contributed by atoms with van der Waals surface area (Å²) < 4.78 is 6.66. The van der Waals surface area contributed by atoms with Crippen LogP contribution in [0.15, 0.2) is 40.7 Å². The number of carbonyl (C=O) groups is 2. The van der Waals surface area contributed by atoms with Crippen molar-refractivity contribution in [2.24, 2.45) is 0 Å². The molecular weight excluding hydrogens is 384 g/mol. The van der Waals surface area contributed by atoms with Crippen LogP contribution in [0.3, 0.4) is 0 Å². The molecule has 28 heavy (non-hydrogen) atoms. The third-order valence-corrected chi connectivity index (χ3v) is 4.97. The number of esters is 1. The SMILES string of the molecule is CCOC(=O)C1=C(CSc2nnnn2-c2ccc(O)cc2)NC(=O)NC1CC. The van der Waals surface area contributed by atoms with Crippen molar-refractivity contribution in [1.82, 2.24) is 30.8 Å². The summed E-state index contributed by atoms with van der Waals surface area (Å²) in [4.78, 5) is 24.4. The van der Waals surface area contributed by atoms with Crippen LogP contribution >= 0.6 is 11.8 Å². The van der Waals surface area contributed by atoms with Crippen molar-refractivity contribution >= 4 is 23.8 Å². The highest BCUT2D eigenvalue weighted by atomic mass is 32.2. The zero-order valence-corrected chi connectivity index (χ0v) is 16.2. The van der Waals surface area contributed by atoms with Crippen LogP contribution in [-0.2, 0) is 9.53 Å². The number of hydrogen-bond donors (Lipinski definition) is 3. The van der Waals surface area contributed by atoms with Gasteiger partial charge >= 0.3 is 12.0 Å². The van der Waals surface area contributed by atoms with Crippen LogP contribution in [0.1, 0.15) is 20.3 Å². The average molecular weight is 404 g/mol. The van der Waals surface area contributed by atoms with E-state index >= 15 is 0 Å². The largest absolute Gasteiger partial charge is 0.508 e. The minimum absolute atomic E-state index is 0.137. The van der Waals surface area contributed by atoms with Gasteiger partial charge < -0.3 is 20.5 Å². The molecule has 0 spiro atoms. The third-order valence-electron chi connectivity index (χ3n) is 4.03. The van der Waals surface area contributed by atoms with Crippen molar-refractivity contribution in [2.75, 3.05) is 12.4 Å². The highest BCUT2D eigenvalue weighted by molar-refractivity contribution is 7.99. The minimum atomic E-state index is -0.462. The summed E-state index contributed by atoms with van der Waals surface area (Å²) in [5.74, 6) is -0.0508. The molecule has 0 bridgehead atoms. The summed E-state index contributed by atoms with van der Waals surface area (Å²) in [6.07, 6.45) is 0.557. The molecule has 0 saturated heterocycles. The van der Waals surface area contributed by atoms with E-state index in [0.29, 0.717) is 28.5 Å². The van der Waals surface area contributed by atoms with Crippen molar-refractivity contribution in [3.63, 3.8) is 0 Å². The van der Waals surface area contributed by atoms with Crippen LogP contribution in [0.25, 0.3) is 5.69 Å². The van der Waals surface area contributed by atoms with Crippen LogP contribution in [0, 0.1) is 0 Å². The molecule has 1 aliphatic rings. The minimum Gasteiger partial charge on any atom is -0.508 e. The van der Waals surface area contributed by atoms with E-state index in [1.807, 2.05) is 6.92 Å². The van der Waals surface area contributed by atoms with E-state index in [-0.39, 0.29) is 24.1 Å². The van der Waals surface area contributed by atoms with Crippen molar-refractivity contribution in [1.29, 1.82) is 0 Å². The van der Waals surface area contributed by atoms with Gasteiger partial charge in [0.1, 0.15) is 5.75 Å². The zero-order valence-electron chi connectivity index (χ0n) is 15.4. The standard InChI is InChI=1S/C17H20N6O4S/c1-3-12-14(15(25)27-4-2)13(19-16(26)18-12)9-28-17-20-21-22-23(17)10-5-7-11(24)8-6-10/h5-8,12,24H,3-4,9H2,1-2H3,(H2,18,19,26). The Morgan fingerprint density at radius 2 is 2.07 bits per heavy atom. The molecule has 0 radical (unpaired) electrons. The van der Waals surface area contributed by atoms with Gasteiger partial charge in [0.25, 0.3) is 0 Å². The van der Waals surface area contributed by atoms with E-state index in [4.69, 9.17) is 4.74 Å². The summed E-state index contributed by atoms with van der Waals surface area (Å²) in [6, 6.07) is 5.64. The topological polar surface area (TPSA) is 131 Å². The number of carbonyl (C=O) groups excluding carboxylic acids is 2. The van der Waals surface area contributed by atoms with Crippen LogP contribution in [-0.4, -0.2) is 55.7 Å². The highest BCUT2D eigenvalue weighted by Gasteiger charge is 2.31. The number of rotatable bonds is 7. The third kappa shape index (κ3) is 4.25. The fourth-order valence-electron chi connectivity index (χ4n) is 2.74. The van der Waals surface area contributed by atoms with Gasteiger partial charge in [0.15, 0.2) is 0 Å². The van der Waals surface area contributed by atoms with Crippen molar-refractivity contribution in [3.8, 4) is 11.4 Å². The molecule has 1 aromatic heterocycles. The van der Waals surface area contributed by atoms with Crippen molar-refractivity contribution in [2.45, 2.75) is 31.5 Å². The lowest BCUT2D eigenvalue weighted by molar-refractivity contribution is -0.139. The molecule has 0 aliphatic carbocycles. The van der Waals surface area contributed by atoms with E-state index in [1.165, 1.54) is 28.6 Å². The smallest absolute Gasteiger partial charge is 0.337 e. The Kier molecular flexibility index (Phi) is 6.14. The first-order chi connectivity index (χ1) is 13.5. The molecule has 11 heteroatoms. The molecule has 3 rings (SSSR count). The summed E-state index contributed by atoms with van der Waals surface area (Å²) >= 11 is 1.27. The van der Waals surface area contributed by atoms with Gasteiger partial charge in [0.2, 0.25) is 5.16 Å². The van der Waals surface area contributed by atoms with E-state index in [2.05, 4.69) is 26.2 Å². The molecule has 148 valence electrons. The molecule has 1 aromatic carbocycles. The summed E-state index contributed by atoms with van der Waals surface area (Å²) in [5, 5.41) is 27.0. The number of phenolic OH excluding ortho intramolecular Hbond substituents is 1. The van der Waals surface area contributed by atoms with Crippen LogP contribution in [0.5, 0.6) is 5.75 Å². The molecule has 0 saturated carbocycles. The highest BCUT2D eigenvalue weighted by Crippen LogP contribution is 2.25. The Balaban J connectivity index is 1.85. The number of ether oxygens (including phenoxy) is 1. The normalized spacial score (nSPS) is 16.5. The van der Waals surface area contributed by atoms with Gasteiger partial charge in [-0.05, 0) is 48.0 Å². The molecule has 2 amide bonds. The first-order valence-corrected chi connectivity index (χ1v) is 9.70. The molecule has 0 fully saturated rings. The van der Waals surface area contributed by atoms with Gasteiger partial charge in [0, 0.05) is 11.4 Å². The Morgan fingerprint density at radius 3 is 2.75 bits per heavy atom. The summed E-state index contributed by atoms with van der Waals surface area (Å²) in [6.45, 7) is 3.85. The Hall–Kier alpha value is -3.08. The molecule has 3 N–H and O–H groups in total. The molecule has 1 atom stereocenters. The Labute approximate surface area is 165 Å². The van der Waals surface area contributed by atoms with E-state index in [9.17, 15) is 14.7 Å². The number of thioether (sulfide) groups is 1. The fourth-order valence-corrected chi connectivity index (χ4v) is 3.60. The zero-order chi connectivity index (χ0) is 20.1. The van der Waals surface area contributed by atoms with E-state index in [1.54, 1.807) is 19.1 Å². The van der Waals surface area contributed by atoms with Gasteiger partial charge in [0.05, 0.1) is 23.9 Å². The van der Waals surface area contributed by atoms with Gasteiger partial charge in [-0.3, -0.25) is 0 Å². The first-order valence-electron chi connectivity index (χ1n) is 8.71. The maximum Gasteiger partial charge on any atom is 0.337 e. The molecule has 10 nitrogen and oxygen atoms in total. The second-order valence-electron chi connectivity index (χ2n) is 5.85. The number of urea groups is 1. The predicted octanol–water partition coefficient (Wildman–Crippen LogP) is 1.37. The summed E-state index contributed by atoms with van der Waals surface area (Å²) in [7, 11) is 0. The van der Waals surface area contributed by atoms with Gasteiger partial charge in [-0.15, -0.1) is 5.10 Å². The van der Waals surface area contributed by atoms with Gasteiger partial charge in [-0.2, -0.15) is 4.68 Å².